The third-order valence-corrected chi connectivity index (χ3v) is 8.43. The van der Waals surface area contributed by atoms with E-state index in [9.17, 15) is 13.6 Å². The van der Waals surface area contributed by atoms with Gasteiger partial charge in [0.1, 0.15) is 30.4 Å². The number of carbonyl (C=O) groups excluding carboxylic acids is 1. The number of anilines is 1. The van der Waals surface area contributed by atoms with Crippen molar-refractivity contribution in [3.8, 4) is 0 Å². The molecule has 2 aromatic rings. The van der Waals surface area contributed by atoms with Crippen LogP contribution in [0, 0.1) is 34.8 Å². The molecule has 0 spiro atoms. The maximum Gasteiger partial charge on any atom is 0.410 e. The topological polar surface area (TPSA) is 67.3 Å². The van der Waals surface area contributed by atoms with Gasteiger partial charge in [-0.1, -0.05) is 0 Å². The van der Waals surface area contributed by atoms with Crippen LogP contribution in [0.25, 0.3) is 0 Å². The summed E-state index contributed by atoms with van der Waals surface area (Å²) in [5.41, 5.74) is 2.44. The minimum atomic E-state index is -0.723. The molecule has 4 bridgehead atoms. The smallest absolute Gasteiger partial charge is 0.410 e. The van der Waals surface area contributed by atoms with Gasteiger partial charge in [-0.25, -0.2) is 23.5 Å². The zero-order valence-corrected chi connectivity index (χ0v) is 19.2. The zero-order chi connectivity index (χ0) is 23.3. The number of halogens is 2. The number of hydrogen-bond donors (Lipinski definition) is 1. The number of fused-ring (bicyclic) bond motifs is 1. The number of carbonyl (C=O) groups is 1. The van der Waals surface area contributed by atoms with Crippen LogP contribution in [0.2, 0.25) is 0 Å². The first-order valence-corrected chi connectivity index (χ1v) is 12.4. The van der Waals surface area contributed by atoms with Crippen LogP contribution in [-0.2, 0) is 24.3 Å². The predicted octanol–water partition coefficient (Wildman–Crippen LogP) is 5.08. The molecule has 34 heavy (non-hydrogen) atoms. The van der Waals surface area contributed by atoms with Crippen LogP contribution in [0.3, 0.4) is 0 Å². The monoisotopic (exact) mass is 468 g/mol. The normalized spacial score (nSPS) is 29.1. The second-order valence-corrected chi connectivity index (χ2v) is 10.9. The maximum atomic E-state index is 13.8. The average molecular weight is 469 g/mol. The van der Waals surface area contributed by atoms with Gasteiger partial charge >= 0.3 is 6.09 Å². The molecule has 2 heterocycles. The number of ether oxygens (including phenoxy) is 1. The number of hydrogen-bond acceptors (Lipinski definition) is 5. The molecule has 1 aromatic carbocycles. The maximum absolute atomic E-state index is 13.8. The van der Waals surface area contributed by atoms with Crippen molar-refractivity contribution >= 4 is 11.9 Å². The molecule has 0 radical (unpaired) electrons. The molecule has 1 amide bonds. The molecule has 1 N–H and O–H groups in total. The van der Waals surface area contributed by atoms with Crippen molar-refractivity contribution in [2.24, 2.45) is 23.2 Å². The van der Waals surface area contributed by atoms with Gasteiger partial charge in [0.15, 0.2) is 0 Å². The van der Waals surface area contributed by atoms with Crippen LogP contribution in [0.5, 0.6) is 0 Å². The summed E-state index contributed by atoms with van der Waals surface area (Å²) in [7, 11) is 0. The summed E-state index contributed by atoms with van der Waals surface area (Å²) in [4.78, 5) is 23.1. The third kappa shape index (κ3) is 4.12. The van der Waals surface area contributed by atoms with Gasteiger partial charge in [0, 0.05) is 30.3 Å². The third-order valence-electron chi connectivity index (χ3n) is 8.43. The molecule has 5 aliphatic rings. The van der Waals surface area contributed by atoms with Crippen molar-refractivity contribution in [2.75, 3.05) is 18.4 Å². The van der Waals surface area contributed by atoms with Gasteiger partial charge in [-0.3, -0.25) is 0 Å². The van der Waals surface area contributed by atoms with Crippen molar-refractivity contribution in [3.63, 3.8) is 0 Å². The first-order valence-electron chi connectivity index (χ1n) is 12.4. The van der Waals surface area contributed by atoms with E-state index in [1.54, 1.807) is 11.2 Å². The van der Waals surface area contributed by atoms with Crippen molar-refractivity contribution in [3.05, 3.63) is 53.0 Å². The quantitative estimate of drug-likeness (QED) is 0.663. The van der Waals surface area contributed by atoms with Crippen LogP contribution in [-0.4, -0.2) is 34.1 Å². The van der Waals surface area contributed by atoms with E-state index in [1.807, 2.05) is 0 Å². The van der Waals surface area contributed by atoms with Crippen molar-refractivity contribution in [1.29, 1.82) is 0 Å². The minimum absolute atomic E-state index is 0.144. The minimum Gasteiger partial charge on any atom is -0.444 e. The Balaban J connectivity index is 1.09. The number of benzene rings is 1. The molecule has 4 aliphatic carbocycles. The van der Waals surface area contributed by atoms with Crippen molar-refractivity contribution in [1.82, 2.24) is 14.9 Å². The SMILES string of the molecule is O=C(OCc1ccc(F)cc1F)N1CCc2c(ncnc2NCC23CC4CC(CC(C4)C2)C3)C1. The van der Waals surface area contributed by atoms with E-state index in [4.69, 9.17) is 4.74 Å². The van der Waals surface area contributed by atoms with Crippen LogP contribution in [0.4, 0.5) is 19.4 Å². The highest BCUT2D eigenvalue weighted by Gasteiger charge is 2.50. The van der Waals surface area contributed by atoms with Gasteiger partial charge in [0.05, 0.1) is 12.2 Å². The Morgan fingerprint density at radius 2 is 1.85 bits per heavy atom. The fourth-order valence-electron chi connectivity index (χ4n) is 7.31. The molecular formula is C26H30F2N4O2. The molecule has 4 fully saturated rings. The molecule has 180 valence electrons. The lowest BCUT2D eigenvalue weighted by atomic mass is 9.49. The largest absolute Gasteiger partial charge is 0.444 e. The lowest BCUT2D eigenvalue weighted by Crippen LogP contribution is -2.49. The first-order chi connectivity index (χ1) is 16.5. The summed E-state index contributed by atoms with van der Waals surface area (Å²) in [5, 5.41) is 3.67. The van der Waals surface area contributed by atoms with E-state index in [0.717, 1.165) is 53.5 Å². The Morgan fingerprint density at radius 1 is 1.12 bits per heavy atom. The standard InChI is InChI=1S/C26H30F2N4O2/c27-20-2-1-19(22(28)8-20)13-34-25(33)32-4-3-21-23(12-32)30-15-31-24(21)29-14-26-9-16-5-17(10-26)7-18(6-16)11-26/h1-2,8,15-18H,3-7,9-14H2,(H,29,30,31). The molecule has 6 nitrogen and oxygen atoms in total. The molecule has 7 rings (SSSR count). The van der Waals surface area contributed by atoms with Gasteiger partial charge in [-0.15, -0.1) is 0 Å². The number of nitrogens with one attached hydrogen (secondary N) is 1. The van der Waals surface area contributed by atoms with Crippen molar-refractivity contribution in [2.45, 2.75) is 58.1 Å². The summed E-state index contributed by atoms with van der Waals surface area (Å²) in [5.74, 6) is 2.25. The fraction of sp³-hybridized carbons (Fsp3) is 0.577. The van der Waals surface area contributed by atoms with Gasteiger partial charge in [-0.05, 0) is 80.2 Å². The fourth-order valence-corrected chi connectivity index (χ4v) is 7.31. The molecule has 4 saturated carbocycles. The Kier molecular flexibility index (Phi) is 5.41. The van der Waals surface area contributed by atoms with Crippen LogP contribution < -0.4 is 5.32 Å². The molecule has 1 aromatic heterocycles. The summed E-state index contributed by atoms with van der Waals surface area (Å²) in [6, 6.07) is 3.23. The van der Waals surface area contributed by atoms with Gasteiger partial charge in [0.2, 0.25) is 0 Å². The van der Waals surface area contributed by atoms with Crippen molar-refractivity contribution < 1.29 is 18.3 Å². The van der Waals surface area contributed by atoms with E-state index < -0.39 is 17.7 Å². The van der Waals surface area contributed by atoms with Gasteiger partial charge in [-0.2, -0.15) is 0 Å². The predicted molar refractivity (Wildman–Crippen MR) is 122 cm³/mol. The Morgan fingerprint density at radius 3 is 2.56 bits per heavy atom. The second-order valence-electron chi connectivity index (χ2n) is 10.9. The second kappa shape index (κ2) is 8.47. The van der Waals surface area contributed by atoms with E-state index in [-0.39, 0.29) is 12.2 Å². The Labute approximate surface area is 198 Å². The van der Waals surface area contributed by atoms with E-state index in [0.29, 0.717) is 24.9 Å². The molecule has 0 unspecified atom stereocenters. The summed E-state index contributed by atoms with van der Waals surface area (Å²) in [6.45, 7) is 1.54. The lowest BCUT2D eigenvalue weighted by molar-refractivity contribution is -0.0444. The highest BCUT2D eigenvalue weighted by atomic mass is 19.1. The molecule has 0 atom stereocenters. The number of amides is 1. The molecule has 1 aliphatic heterocycles. The number of aromatic nitrogens is 2. The van der Waals surface area contributed by atoms with Gasteiger partial charge in [0.25, 0.3) is 0 Å². The van der Waals surface area contributed by atoms with E-state index in [2.05, 4.69) is 15.3 Å². The Hall–Kier alpha value is -2.77. The lowest BCUT2D eigenvalue weighted by Gasteiger charge is -2.57. The highest BCUT2D eigenvalue weighted by molar-refractivity contribution is 5.68. The Bertz CT molecular complexity index is 1070. The summed E-state index contributed by atoms with van der Waals surface area (Å²) in [6.07, 6.45) is 9.99. The van der Waals surface area contributed by atoms with Crippen LogP contribution in [0.1, 0.15) is 55.3 Å². The molecule has 0 saturated heterocycles. The van der Waals surface area contributed by atoms with E-state index in [1.165, 1.54) is 44.6 Å². The average Bonchev–Trinajstić information content (AvgIpc) is 2.81. The summed E-state index contributed by atoms with van der Waals surface area (Å²) >= 11 is 0. The highest BCUT2D eigenvalue weighted by Crippen LogP contribution is 2.59. The molecular weight excluding hydrogens is 438 g/mol. The van der Waals surface area contributed by atoms with Crippen LogP contribution >= 0.6 is 0 Å². The number of rotatable bonds is 5. The first kappa shape index (κ1) is 21.7. The number of nitrogens with zero attached hydrogens (tertiary/aromatic N) is 3. The van der Waals surface area contributed by atoms with Gasteiger partial charge < -0.3 is 15.0 Å². The zero-order valence-electron chi connectivity index (χ0n) is 19.2. The van der Waals surface area contributed by atoms with E-state index >= 15 is 0 Å². The van der Waals surface area contributed by atoms with Crippen LogP contribution in [0.15, 0.2) is 24.5 Å². The summed E-state index contributed by atoms with van der Waals surface area (Å²) < 4.78 is 32.2. The molecule has 8 heteroatoms.